The van der Waals surface area contributed by atoms with Gasteiger partial charge in [-0.3, -0.25) is 9.59 Å². The quantitative estimate of drug-likeness (QED) is 0.172. The van der Waals surface area contributed by atoms with Gasteiger partial charge in [-0.05, 0) is 84.3 Å². The highest BCUT2D eigenvalue weighted by atomic mass is 32.2. The Morgan fingerprint density at radius 1 is 0.766 bits per heavy atom. The van der Waals surface area contributed by atoms with Gasteiger partial charge in [0, 0.05) is 25.6 Å². The van der Waals surface area contributed by atoms with Gasteiger partial charge in [-0.15, -0.1) is 0 Å². The summed E-state index contributed by atoms with van der Waals surface area (Å²) in [5, 5.41) is 3.06. The molecule has 0 radical (unpaired) electrons. The molecule has 0 aromatic heterocycles. The van der Waals surface area contributed by atoms with Crippen LogP contribution in [0, 0.1) is 0 Å². The van der Waals surface area contributed by atoms with Crippen LogP contribution in [0.15, 0.2) is 108 Å². The van der Waals surface area contributed by atoms with E-state index in [-0.39, 0.29) is 35.7 Å². The summed E-state index contributed by atoms with van der Waals surface area (Å²) in [6.45, 7) is 0.599. The fourth-order valence-electron chi connectivity index (χ4n) is 5.30. The first-order valence-electron chi connectivity index (χ1n) is 15.7. The van der Waals surface area contributed by atoms with Gasteiger partial charge in [-0.2, -0.15) is 0 Å². The largest absolute Gasteiger partial charge is 0.497 e. The zero-order valence-corrected chi connectivity index (χ0v) is 27.5. The summed E-state index contributed by atoms with van der Waals surface area (Å²) in [5.41, 5.74) is 3.43. The molecule has 246 valence electrons. The van der Waals surface area contributed by atoms with Gasteiger partial charge in [0.15, 0.2) is 0 Å². The summed E-state index contributed by atoms with van der Waals surface area (Å²) in [5.74, 6) is 0.984. The van der Waals surface area contributed by atoms with Crippen molar-refractivity contribution in [3.05, 3.63) is 125 Å². The Kier molecular flexibility index (Phi) is 11.3. The van der Waals surface area contributed by atoms with E-state index in [1.165, 1.54) is 0 Å². The molecule has 0 aliphatic heterocycles. The van der Waals surface area contributed by atoms with Gasteiger partial charge in [-0.1, -0.05) is 66.7 Å². The van der Waals surface area contributed by atoms with Gasteiger partial charge >= 0.3 is 0 Å². The number of benzene rings is 4. The zero-order chi connectivity index (χ0) is 33.2. The number of carbonyl (C=O) groups is 2. The first-order valence-corrected chi connectivity index (χ1v) is 17.2. The van der Waals surface area contributed by atoms with E-state index in [2.05, 4.69) is 10.0 Å². The topological polar surface area (TPSA) is 114 Å². The van der Waals surface area contributed by atoms with Crippen molar-refractivity contribution in [2.24, 2.45) is 0 Å². The Bertz CT molecular complexity index is 1720. The number of hydrogen-bond donors (Lipinski definition) is 2. The predicted molar refractivity (Wildman–Crippen MR) is 181 cm³/mol. The molecule has 0 bridgehead atoms. The molecule has 1 saturated carbocycles. The van der Waals surface area contributed by atoms with Crippen LogP contribution in [0.5, 0.6) is 11.5 Å². The lowest BCUT2D eigenvalue weighted by Gasteiger charge is -2.32. The number of amides is 2. The van der Waals surface area contributed by atoms with Crippen LogP contribution in [0.2, 0.25) is 0 Å². The molecule has 0 spiro atoms. The van der Waals surface area contributed by atoms with E-state index in [1.807, 2.05) is 78.9 Å². The molecule has 0 unspecified atom stereocenters. The lowest BCUT2D eigenvalue weighted by atomic mass is 10.0. The molecule has 0 heterocycles. The average Bonchev–Trinajstić information content (AvgIpc) is 3.91. The second-order valence-electron chi connectivity index (χ2n) is 11.6. The minimum absolute atomic E-state index is 0.0196. The van der Waals surface area contributed by atoms with E-state index in [1.54, 1.807) is 43.4 Å². The number of hydrogen-bond acceptors (Lipinski definition) is 6. The smallest absolute Gasteiger partial charge is 0.247 e. The van der Waals surface area contributed by atoms with Crippen molar-refractivity contribution in [3.8, 4) is 11.5 Å². The summed E-state index contributed by atoms with van der Waals surface area (Å²) in [7, 11) is -0.347. The van der Waals surface area contributed by atoms with Gasteiger partial charge in [0.05, 0.1) is 19.1 Å². The molecule has 1 atom stereocenters. The minimum Gasteiger partial charge on any atom is -0.497 e. The molecule has 5 rings (SSSR count). The normalized spacial score (nSPS) is 13.4. The second-order valence-corrected chi connectivity index (χ2v) is 13.3. The van der Waals surface area contributed by atoms with Crippen LogP contribution in [-0.2, 0) is 39.0 Å². The highest BCUT2D eigenvalue weighted by molar-refractivity contribution is 7.89. The first-order chi connectivity index (χ1) is 22.8. The van der Waals surface area contributed by atoms with Crippen molar-refractivity contribution in [1.29, 1.82) is 0 Å². The molecular formula is C37H41N3O6S. The number of rotatable bonds is 16. The van der Waals surface area contributed by atoms with E-state index in [0.717, 1.165) is 35.3 Å². The Morgan fingerprint density at radius 3 is 1.89 bits per heavy atom. The third-order valence-corrected chi connectivity index (χ3v) is 9.68. The fraction of sp³-hybridized carbons (Fsp3) is 0.297. The molecule has 2 N–H and O–H groups in total. The summed E-state index contributed by atoms with van der Waals surface area (Å²) in [4.78, 5) is 29.9. The summed E-state index contributed by atoms with van der Waals surface area (Å²) >= 11 is 0. The van der Waals surface area contributed by atoms with Crippen molar-refractivity contribution in [2.45, 2.75) is 55.6 Å². The van der Waals surface area contributed by atoms with E-state index < -0.39 is 16.1 Å². The van der Waals surface area contributed by atoms with Gasteiger partial charge < -0.3 is 19.7 Å². The van der Waals surface area contributed by atoms with E-state index >= 15 is 0 Å². The SMILES string of the molecule is COc1ccc(CCNC(=O)[C@@H](c2ccccc2)N(Cc2ccc(OC)cc2)C(=O)CCc2ccc(S(=O)(=O)NC3CC3)cc2)cc1. The van der Waals surface area contributed by atoms with E-state index in [0.29, 0.717) is 30.7 Å². The number of carbonyl (C=O) groups excluding carboxylic acids is 2. The Hall–Kier alpha value is -4.67. The highest BCUT2D eigenvalue weighted by Gasteiger charge is 2.31. The van der Waals surface area contributed by atoms with Crippen LogP contribution in [0.4, 0.5) is 0 Å². The second kappa shape index (κ2) is 15.8. The predicted octanol–water partition coefficient (Wildman–Crippen LogP) is 5.21. The van der Waals surface area contributed by atoms with Crippen LogP contribution < -0.4 is 19.5 Å². The standard InChI is InChI=1S/C37H41N3O6S/c1-45-32-17-8-28(9-18-32)24-25-38-37(42)36(30-6-4-3-5-7-30)40(26-29-10-19-33(46-2)20-11-29)35(41)23-14-27-12-21-34(22-13-27)47(43,44)39-31-15-16-31/h3-13,17-22,31,36,39H,14-16,23-26H2,1-2H3,(H,38,42)/t36-/m1/s1. The van der Waals surface area contributed by atoms with Crippen LogP contribution in [0.1, 0.15) is 47.6 Å². The molecule has 10 heteroatoms. The molecule has 4 aromatic rings. The van der Waals surface area contributed by atoms with Gasteiger partial charge in [-0.25, -0.2) is 13.1 Å². The molecule has 9 nitrogen and oxygen atoms in total. The molecule has 1 aliphatic carbocycles. The van der Waals surface area contributed by atoms with E-state index in [4.69, 9.17) is 9.47 Å². The maximum atomic E-state index is 14.1. The maximum Gasteiger partial charge on any atom is 0.247 e. The van der Waals surface area contributed by atoms with Gasteiger partial charge in [0.1, 0.15) is 17.5 Å². The number of nitrogens with zero attached hydrogens (tertiary/aromatic N) is 1. The Balaban J connectivity index is 1.34. The zero-order valence-electron chi connectivity index (χ0n) is 26.7. The monoisotopic (exact) mass is 655 g/mol. The van der Waals surface area contributed by atoms with Crippen molar-refractivity contribution < 1.29 is 27.5 Å². The fourth-order valence-corrected chi connectivity index (χ4v) is 6.60. The summed E-state index contributed by atoms with van der Waals surface area (Å²) in [6.07, 6.45) is 2.85. The van der Waals surface area contributed by atoms with Crippen LogP contribution in [-0.4, -0.2) is 51.9 Å². The average molecular weight is 656 g/mol. The molecule has 0 saturated heterocycles. The highest BCUT2D eigenvalue weighted by Crippen LogP contribution is 2.27. The Labute approximate surface area is 277 Å². The molecule has 47 heavy (non-hydrogen) atoms. The number of ether oxygens (including phenoxy) is 2. The molecule has 4 aromatic carbocycles. The number of aryl methyl sites for hydroxylation is 1. The van der Waals surface area contributed by atoms with Crippen LogP contribution >= 0.6 is 0 Å². The van der Waals surface area contributed by atoms with Gasteiger partial charge in [0.2, 0.25) is 21.8 Å². The summed E-state index contributed by atoms with van der Waals surface area (Å²) < 4.78 is 38.4. The maximum absolute atomic E-state index is 14.1. The third kappa shape index (κ3) is 9.43. The van der Waals surface area contributed by atoms with Crippen molar-refractivity contribution >= 4 is 21.8 Å². The lowest BCUT2D eigenvalue weighted by Crippen LogP contribution is -2.44. The van der Waals surface area contributed by atoms with Crippen molar-refractivity contribution in [3.63, 3.8) is 0 Å². The molecule has 1 fully saturated rings. The van der Waals surface area contributed by atoms with Crippen molar-refractivity contribution in [2.75, 3.05) is 20.8 Å². The minimum atomic E-state index is -3.56. The van der Waals surface area contributed by atoms with E-state index in [9.17, 15) is 18.0 Å². The van der Waals surface area contributed by atoms with Crippen LogP contribution in [0.25, 0.3) is 0 Å². The number of nitrogens with one attached hydrogen (secondary N) is 2. The third-order valence-electron chi connectivity index (χ3n) is 8.14. The molecular weight excluding hydrogens is 614 g/mol. The van der Waals surface area contributed by atoms with Crippen molar-refractivity contribution in [1.82, 2.24) is 14.9 Å². The summed E-state index contributed by atoms with van der Waals surface area (Å²) in [6, 6.07) is 30.2. The lowest BCUT2D eigenvalue weighted by molar-refractivity contribution is -0.141. The first kappa shape index (κ1) is 33.7. The number of sulfonamides is 1. The van der Waals surface area contributed by atoms with Gasteiger partial charge in [0.25, 0.3) is 0 Å². The Morgan fingerprint density at radius 2 is 1.32 bits per heavy atom. The van der Waals surface area contributed by atoms with Crippen LogP contribution in [0.3, 0.4) is 0 Å². The molecule has 1 aliphatic rings. The number of methoxy groups -OCH3 is 2. The molecule has 2 amide bonds.